The van der Waals surface area contributed by atoms with Gasteiger partial charge in [-0.15, -0.1) is 0 Å². The zero-order valence-corrected chi connectivity index (χ0v) is 21.8. The van der Waals surface area contributed by atoms with Crippen LogP contribution in [0.1, 0.15) is 22.7 Å². The molecule has 38 heavy (non-hydrogen) atoms. The summed E-state index contributed by atoms with van der Waals surface area (Å²) in [6.07, 6.45) is 1.05. The molecule has 0 saturated heterocycles. The second-order valence-corrected chi connectivity index (χ2v) is 9.96. The molecule has 0 saturated carbocycles. The van der Waals surface area contributed by atoms with Crippen molar-refractivity contribution in [3.05, 3.63) is 118 Å². The fourth-order valence-electron chi connectivity index (χ4n) is 5.02. The van der Waals surface area contributed by atoms with Crippen molar-refractivity contribution >= 4 is 29.4 Å². The fourth-order valence-corrected chi connectivity index (χ4v) is 5.15. The molecule has 7 nitrogen and oxygen atoms in total. The van der Waals surface area contributed by atoms with Gasteiger partial charge >= 0.3 is 6.03 Å². The van der Waals surface area contributed by atoms with Crippen LogP contribution >= 0.6 is 11.6 Å². The Hall–Kier alpha value is -4.10. The van der Waals surface area contributed by atoms with Gasteiger partial charge in [-0.05, 0) is 35.2 Å². The maximum absolute atomic E-state index is 14.0. The van der Waals surface area contributed by atoms with E-state index in [4.69, 9.17) is 11.6 Å². The Morgan fingerprint density at radius 3 is 2.26 bits per heavy atom. The van der Waals surface area contributed by atoms with Crippen molar-refractivity contribution in [1.29, 1.82) is 0 Å². The van der Waals surface area contributed by atoms with Gasteiger partial charge in [-0.2, -0.15) is 0 Å². The Bertz CT molecular complexity index is 1360. The van der Waals surface area contributed by atoms with E-state index in [0.29, 0.717) is 35.7 Å². The third-order valence-corrected chi connectivity index (χ3v) is 7.35. The molecule has 4 amide bonds. The first-order valence-electron chi connectivity index (χ1n) is 12.6. The summed E-state index contributed by atoms with van der Waals surface area (Å²) < 4.78 is 0. The van der Waals surface area contributed by atoms with Crippen molar-refractivity contribution in [2.75, 3.05) is 20.1 Å². The van der Waals surface area contributed by atoms with Crippen molar-refractivity contribution in [2.45, 2.75) is 24.9 Å². The van der Waals surface area contributed by atoms with E-state index in [9.17, 15) is 14.4 Å². The van der Waals surface area contributed by atoms with Gasteiger partial charge in [-0.25, -0.2) is 4.79 Å². The lowest BCUT2D eigenvalue weighted by Gasteiger charge is -2.31. The molecule has 2 N–H and O–H groups in total. The summed E-state index contributed by atoms with van der Waals surface area (Å²) in [5.41, 5.74) is 3.91. The maximum atomic E-state index is 14.0. The number of benzene rings is 3. The fraction of sp³-hybridized carbons (Fsp3) is 0.233. The quantitative estimate of drug-likeness (QED) is 0.462. The summed E-state index contributed by atoms with van der Waals surface area (Å²) >= 11 is 6.07. The molecule has 0 radical (unpaired) electrons. The number of nitrogens with zero attached hydrogens (tertiary/aromatic N) is 2. The van der Waals surface area contributed by atoms with Gasteiger partial charge in [0, 0.05) is 25.0 Å². The van der Waals surface area contributed by atoms with E-state index in [1.54, 1.807) is 36.2 Å². The number of hydrogen-bond donors (Lipinski definition) is 2. The average molecular weight is 529 g/mol. The van der Waals surface area contributed by atoms with Crippen molar-refractivity contribution < 1.29 is 14.4 Å². The van der Waals surface area contributed by atoms with Crippen molar-refractivity contribution in [3.8, 4) is 0 Å². The molecule has 5 rings (SSSR count). The van der Waals surface area contributed by atoms with Gasteiger partial charge in [-0.3, -0.25) is 14.5 Å². The summed E-state index contributed by atoms with van der Waals surface area (Å²) in [5.74, 6) is -0.478. The minimum absolute atomic E-state index is 0.172. The third kappa shape index (κ3) is 5.29. The van der Waals surface area contributed by atoms with E-state index < -0.39 is 12.1 Å². The number of likely N-dealkylation sites (N-methyl/N-ethyl adjacent to an activating group) is 1. The number of urea groups is 1. The molecule has 0 fully saturated rings. The van der Waals surface area contributed by atoms with Gasteiger partial charge in [0.05, 0.1) is 23.9 Å². The number of rotatable bonds is 8. The van der Waals surface area contributed by atoms with E-state index >= 15 is 0 Å². The van der Waals surface area contributed by atoms with E-state index in [-0.39, 0.29) is 24.4 Å². The first kappa shape index (κ1) is 25.5. The van der Waals surface area contributed by atoms with Gasteiger partial charge in [0.1, 0.15) is 6.04 Å². The molecule has 194 valence electrons. The normalized spacial score (nSPS) is 17.8. The zero-order valence-electron chi connectivity index (χ0n) is 21.1. The molecule has 0 bridgehead atoms. The van der Waals surface area contributed by atoms with Crippen LogP contribution in [0.5, 0.6) is 0 Å². The molecule has 3 aromatic carbocycles. The Balaban J connectivity index is 1.41. The van der Waals surface area contributed by atoms with E-state index in [2.05, 4.69) is 10.6 Å². The number of amides is 4. The lowest BCUT2D eigenvalue weighted by molar-refractivity contribution is -0.136. The lowest BCUT2D eigenvalue weighted by Crippen LogP contribution is -2.50. The van der Waals surface area contributed by atoms with Crippen LogP contribution < -0.4 is 10.6 Å². The number of nitrogens with one attached hydrogen (secondary N) is 2. The topological polar surface area (TPSA) is 81.8 Å². The van der Waals surface area contributed by atoms with Crippen LogP contribution in [-0.2, 0) is 22.4 Å². The molecule has 0 unspecified atom stereocenters. The molecule has 0 aromatic heterocycles. The van der Waals surface area contributed by atoms with Gasteiger partial charge in [0.25, 0.3) is 5.91 Å². The monoisotopic (exact) mass is 528 g/mol. The summed E-state index contributed by atoms with van der Waals surface area (Å²) in [4.78, 5) is 43.4. The summed E-state index contributed by atoms with van der Waals surface area (Å²) in [6.45, 7) is 0.627. The summed E-state index contributed by atoms with van der Waals surface area (Å²) in [6, 6.07) is 25.0. The predicted molar refractivity (Wildman–Crippen MR) is 146 cm³/mol. The first-order chi connectivity index (χ1) is 18.4. The largest absolute Gasteiger partial charge is 0.354 e. The Morgan fingerprint density at radius 2 is 1.61 bits per heavy atom. The molecule has 2 atom stereocenters. The van der Waals surface area contributed by atoms with E-state index in [0.717, 1.165) is 16.7 Å². The van der Waals surface area contributed by atoms with Gasteiger partial charge in [-0.1, -0.05) is 84.4 Å². The smallest absolute Gasteiger partial charge is 0.322 e. The highest BCUT2D eigenvalue weighted by Gasteiger charge is 2.46. The molecule has 2 aliphatic rings. The van der Waals surface area contributed by atoms with Crippen LogP contribution in [0.25, 0.3) is 0 Å². The number of carbonyl (C=O) groups is 3. The first-order valence-corrected chi connectivity index (χ1v) is 13.0. The second kappa shape index (κ2) is 11.1. The third-order valence-electron chi connectivity index (χ3n) is 7.10. The highest BCUT2D eigenvalue weighted by atomic mass is 35.5. The van der Waals surface area contributed by atoms with Crippen LogP contribution in [0.4, 0.5) is 4.79 Å². The maximum Gasteiger partial charge on any atom is 0.322 e. The minimum atomic E-state index is -0.736. The molecule has 0 spiro atoms. The molecule has 8 heteroatoms. The van der Waals surface area contributed by atoms with Crippen molar-refractivity contribution in [1.82, 2.24) is 20.4 Å². The van der Waals surface area contributed by atoms with Crippen LogP contribution in [-0.4, -0.2) is 53.8 Å². The molecular weight excluding hydrogens is 500 g/mol. The molecule has 0 aliphatic carbocycles. The Labute approximate surface area is 227 Å². The predicted octanol–water partition coefficient (Wildman–Crippen LogP) is 4.10. The average Bonchev–Trinajstić information content (AvgIpc) is 3.28. The van der Waals surface area contributed by atoms with Gasteiger partial charge in [0.15, 0.2) is 0 Å². The van der Waals surface area contributed by atoms with E-state index in [1.807, 2.05) is 60.7 Å². The number of carbonyl (C=O) groups excluding carboxylic acids is 3. The number of hydrogen-bond acceptors (Lipinski definition) is 3. The molecule has 2 heterocycles. The SMILES string of the molecule is CN1C(=O)N[C@H](c2ccc(Cl)cc2)C2=C1CN([C@H](Cc1ccccc1)C(=O)NCCc1ccccc1)C2=O. The highest BCUT2D eigenvalue weighted by molar-refractivity contribution is 6.30. The summed E-state index contributed by atoms with van der Waals surface area (Å²) in [5, 5.41) is 6.54. The van der Waals surface area contributed by atoms with Crippen LogP contribution in [0.3, 0.4) is 0 Å². The molecule has 2 aliphatic heterocycles. The van der Waals surface area contributed by atoms with Crippen LogP contribution in [0, 0.1) is 0 Å². The van der Waals surface area contributed by atoms with E-state index in [1.165, 1.54) is 4.90 Å². The standard InChI is InChI=1S/C30H29ClN4O3/c1-34-25-19-35(29(37)26(25)27(33-30(34)38)22-12-14-23(31)15-13-22)24(18-21-10-6-3-7-11-21)28(36)32-17-16-20-8-4-2-5-9-20/h2-15,24,27H,16-19H2,1H3,(H,32,36)(H,33,38)/t24-,27-/m1/s1. The Morgan fingerprint density at radius 1 is 0.974 bits per heavy atom. The minimum Gasteiger partial charge on any atom is -0.354 e. The Kier molecular flexibility index (Phi) is 7.47. The van der Waals surface area contributed by atoms with Gasteiger partial charge < -0.3 is 15.5 Å². The molecule has 3 aromatic rings. The second-order valence-electron chi connectivity index (χ2n) is 9.52. The lowest BCUT2D eigenvalue weighted by atomic mass is 9.95. The van der Waals surface area contributed by atoms with Crippen molar-refractivity contribution in [3.63, 3.8) is 0 Å². The number of halogens is 1. The zero-order chi connectivity index (χ0) is 26.6. The van der Waals surface area contributed by atoms with Crippen LogP contribution in [0.2, 0.25) is 5.02 Å². The molecular formula is C30H29ClN4O3. The van der Waals surface area contributed by atoms with Gasteiger partial charge in [0.2, 0.25) is 5.91 Å². The van der Waals surface area contributed by atoms with Crippen LogP contribution in [0.15, 0.2) is 96.2 Å². The van der Waals surface area contributed by atoms with Crippen molar-refractivity contribution in [2.24, 2.45) is 0 Å². The summed E-state index contributed by atoms with van der Waals surface area (Å²) in [7, 11) is 1.64. The highest BCUT2D eigenvalue weighted by Crippen LogP contribution is 2.37.